The molecule has 114 valence electrons. The van der Waals surface area contributed by atoms with Gasteiger partial charge in [0.25, 0.3) is 0 Å². The lowest BCUT2D eigenvalue weighted by Gasteiger charge is -2.20. The molecular weight excluding hydrogens is 269 g/mol. The van der Waals surface area contributed by atoms with E-state index in [-0.39, 0.29) is 12.5 Å². The number of nitrogens with zero attached hydrogens (tertiary/aromatic N) is 1. The van der Waals surface area contributed by atoms with Crippen molar-refractivity contribution in [2.24, 2.45) is 0 Å². The molecule has 1 aromatic heterocycles. The van der Waals surface area contributed by atoms with Crippen LogP contribution in [0.25, 0.3) is 0 Å². The summed E-state index contributed by atoms with van der Waals surface area (Å²) in [6.07, 6.45) is -1.86. The Bertz CT molecular complexity index is 396. The Labute approximate surface area is 117 Å². The van der Waals surface area contributed by atoms with Crippen LogP contribution in [0.3, 0.4) is 0 Å². The van der Waals surface area contributed by atoms with E-state index in [0.717, 1.165) is 18.5 Å². The van der Waals surface area contributed by atoms with Gasteiger partial charge in [0.2, 0.25) is 5.88 Å². The fourth-order valence-corrected chi connectivity index (χ4v) is 2.03. The minimum atomic E-state index is -4.10. The molecule has 0 spiro atoms. The standard InChI is InChI=1S/C14H21F3N2O/c1-3-9-18-12(7-4-8-14(15,16)17)11-6-5-10-19-13(11)20-2/h5-6,10,12,18H,3-4,7-9H2,1-2H3. The molecule has 0 radical (unpaired) electrons. The highest BCUT2D eigenvalue weighted by molar-refractivity contribution is 5.28. The van der Waals surface area contributed by atoms with Crippen molar-refractivity contribution in [2.75, 3.05) is 13.7 Å². The molecule has 1 heterocycles. The zero-order valence-electron chi connectivity index (χ0n) is 11.8. The van der Waals surface area contributed by atoms with Crippen molar-refractivity contribution in [3.05, 3.63) is 23.9 Å². The van der Waals surface area contributed by atoms with E-state index in [0.29, 0.717) is 12.3 Å². The SMILES string of the molecule is CCCNC(CCCC(F)(F)F)c1cccnc1OC. The average Bonchev–Trinajstić information content (AvgIpc) is 2.41. The number of pyridine rings is 1. The molecule has 0 saturated carbocycles. The summed E-state index contributed by atoms with van der Waals surface area (Å²) >= 11 is 0. The highest BCUT2D eigenvalue weighted by atomic mass is 19.4. The van der Waals surface area contributed by atoms with E-state index in [9.17, 15) is 13.2 Å². The third kappa shape index (κ3) is 5.77. The Kier molecular flexibility index (Phi) is 6.78. The van der Waals surface area contributed by atoms with Crippen LogP contribution in [0.15, 0.2) is 18.3 Å². The molecule has 0 aromatic carbocycles. The van der Waals surface area contributed by atoms with E-state index in [1.807, 2.05) is 13.0 Å². The minimum Gasteiger partial charge on any atom is -0.481 e. The lowest BCUT2D eigenvalue weighted by molar-refractivity contribution is -0.135. The lowest BCUT2D eigenvalue weighted by atomic mass is 10.0. The monoisotopic (exact) mass is 290 g/mol. The zero-order valence-corrected chi connectivity index (χ0v) is 11.8. The molecule has 1 atom stereocenters. The fraction of sp³-hybridized carbons (Fsp3) is 0.643. The largest absolute Gasteiger partial charge is 0.481 e. The van der Waals surface area contributed by atoms with Crippen molar-refractivity contribution in [3.8, 4) is 5.88 Å². The Hall–Kier alpha value is -1.30. The van der Waals surface area contributed by atoms with E-state index in [4.69, 9.17) is 4.74 Å². The molecule has 0 amide bonds. The van der Waals surface area contributed by atoms with E-state index >= 15 is 0 Å². The van der Waals surface area contributed by atoms with Crippen LogP contribution in [0.2, 0.25) is 0 Å². The van der Waals surface area contributed by atoms with Gasteiger partial charge in [-0.15, -0.1) is 0 Å². The predicted octanol–water partition coefficient (Wildman–Crippen LogP) is 3.86. The van der Waals surface area contributed by atoms with Crippen molar-refractivity contribution >= 4 is 0 Å². The highest BCUT2D eigenvalue weighted by Gasteiger charge is 2.27. The summed E-state index contributed by atoms with van der Waals surface area (Å²) in [4.78, 5) is 4.10. The van der Waals surface area contributed by atoms with Crippen LogP contribution in [-0.4, -0.2) is 24.8 Å². The van der Waals surface area contributed by atoms with Crippen LogP contribution >= 0.6 is 0 Å². The molecule has 6 heteroatoms. The van der Waals surface area contributed by atoms with Gasteiger partial charge in [0, 0.05) is 24.2 Å². The number of hydrogen-bond acceptors (Lipinski definition) is 3. The second-order valence-electron chi connectivity index (χ2n) is 4.62. The number of aromatic nitrogens is 1. The van der Waals surface area contributed by atoms with Gasteiger partial charge in [0.1, 0.15) is 0 Å². The molecule has 0 aliphatic rings. The minimum absolute atomic E-state index is 0.0862. The van der Waals surface area contributed by atoms with Crippen LogP contribution in [0, 0.1) is 0 Å². The maximum absolute atomic E-state index is 12.2. The van der Waals surface area contributed by atoms with E-state index in [1.165, 1.54) is 7.11 Å². The van der Waals surface area contributed by atoms with Crippen molar-refractivity contribution in [1.29, 1.82) is 0 Å². The van der Waals surface area contributed by atoms with E-state index < -0.39 is 12.6 Å². The number of alkyl halides is 3. The van der Waals surface area contributed by atoms with Gasteiger partial charge in [0.15, 0.2) is 0 Å². The molecule has 20 heavy (non-hydrogen) atoms. The van der Waals surface area contributed by atoms with E-state index in [1.54, 1.807) is 12.3 Å². The van der Waals surface area contributed by atoms with Gasteiger partial charge >= 0.3 is 6.18 Å². The Balaban J connectivity index is 2.72. The third-order valence-electron chi connectivity index (χ3n) is 2.96. The van der Waals surface area contributed by atoms with Gasteiger partial charge in [-0.1, -0.05) is 13.0 Å². The van der Waals surface area contributed by atoms with Gasteiger partial charge < -0.3 is 10.1 Å². The van der Waals surface area contributed by atoms with Gasteiger partial charge in [-0.3, -0.25) is 0 Å². The maximum atomic E-state index is 12.2. The molecule has 3 nitrogen and oxygen atoms in total. The van der Waals surface area contributed by atoms with Gasteiger partial charge in [-0.05, 0) is 31.9 Å². The first-order valence-corrected chi connectivity index (χ1v) is 6.77. The molecule has 1 unspecified atom stereocenters. The fourth-order valence-electron chi connectivity index (χ4n) is 2.03. The second kappa shape index (κ2) is 8.09. The summed E-state index contributed by atoms with van der Waals surface area (Å²) in [6, 6.07) is 3.44. The quantitative estimate of drug-likeness (QED) is 0.789. The summed E-state index contributed by atoms with van der Waals surface area (Å²) in [7, 11) is 1.51. The molecule has 0 aliphatic carbocycles. The van der Waals surface area contributed by atoms with Gasteiger partial charge in [-0.2, -0.15) is 13.2 Å². The number of halogens is 3. The van der Waals surface area contributed by atoms with Crippen molar-refractivity contribution in [3.63, 3.8) is 0 Å². The Morgan fingerprint density at radius 1 is 1.40 bits per heavy atom. The lowest BCUT2D eigenvalue weighted by Crippen LogP contribution is -2.23. The van der Waals surface area contributed by atoms with Crippen LogP contribution < -0.4 is 10.1 Å². The maximum Gasteiger partial charge on any atom is 0.389 e. The zero-order chi connectivity index (χ0) is 15.0. The summed E-state index contributed by atoms with van der Waals surface area (Å²) < 4.78 is 41.9. The van der Waals surface area contributed by atoms with Crippen molar-refractivity contribution < 1.29 is 17.9 Å². The molecule has 0 saturated heterocycles. The predicted molar refractivity (Wildman–Crippen MR) is 71.7 cm³/mol. The number of ether oxygens (including phenoxy) is 1. The van der Waals surface area contributed by atoms with Crippen LogP contribution in [0.4, 0.5) is 13.2 Å². The number of rotatable bonds is 8. The first kappa shape index (κ1) is 16.8. The number of hydrogen-bond donors (Lipinski definition) is 1. The first-order chi connectivity index (χ1) is 9.48. The summed E-state index contributed by atoms with van der Waals surface area (Å²) in [5, 5.41) is 3.26. The molecular formula is C14H21F3N2O. The molecule has 0 fully saturated rings. The van der Waals surface area contributed by atoms with Crippen LogP contribution in [-0.2, 0) is 0 Å². The number of nitrogens with one attached hydrogen (secondary N) is 1. The smallest absolute Gasteiger partial charge is 0.389 e. The Morgan fingerprint density at radius 2 is 2.15 bits per heavy atom. The normalized spacial score (nSPS) is 13.2. The van der Waals surface area contributed by atoms with Gasteiger partial charge in [-0.25, -0.2) is 4.98 Å². The molecule has 0 bridgehead atoms. The third-order valence-corrected chi connectivity index (χ3v) is 2.96. The van der Waals surface area contributed by atoms with Crippen LogP contribution in [0.5, 0.6) is 5.88 Å². The van der Waals surface area contributed by atoms with Crippen LogP contribution in [0.1, 0.15) is 44.2 Å². The Morgan fingerprint density at radius 3 is 2.75 bits per heavy atom. The summed E-state index contributed by atoms with van der Waals surface area (Å²) in [5.74, 6) is 0.466. The highest BCUT2D eigenvalue weighted by Crippen LogP contribution is 2.29. The molecule has 1 N–H and O–H groups in total. The van der Waals surface area contributed by atoms with Crippen molar-refractivity contribution in [2.45, 2.75) is 44.8 Å². The molecule has 1 aromatic rings. The van der Waals surface area contributed by atoms with E-state index in [2.05, 4.69) is 10.3 Å². The first-order valence-electron chi connectivity index (χ1n) is 6.77. The topological polar surface area (TPSA) is 34.2 Å². The summed E-state index contributed by atoms with van der Waals surface area (Å²) in [6.45, 7) is 2.76. The molecule has 0 aliphatic heterocycles. The number of methoxy groups -OCH3 is 1. The summed E-state index contributed by atoms with van der Waals surface area (Å²) in [5.41, 5.74) is 0.811. The average molecular weight is 290 g/mol. The van der Waals surface area contributed by atoms with Gasteiger partial charge in [0.05, 0.1) is 7.11 Å². The van der Waals surface area contributed by atoms with Crippen molar-refractivity contribution in [1.82, 2.24) is 10.3 Å². The molecule has 1 rings (SSSR count). The second-order valence-corrected chi connectivity index (χ2v) is 4.62.